The number of rotatable bonds is 8. The number of halogens is 2. The molecule has 0 radical (unpaired) electrons. The number of thiophene rings is 1. The highest BCUT2D eigenvalue weighted by Gasteiger charge is 2.27. The minimum atomic E-state index is -0.333. The van der Waals surface area contributed by atoms with Gasteiger partial charge in [0.1, 0.15) is 21.8 Å². The van der Waals surface area contributed by atoms with Gasteiger partial charge in [-0.2, -0.15) is 10.4 Å². The second kappa shape index (κ2) is 10.4. The standard InChI is InChI=1S/C22H23Cl2N5O2S/c1-5-31-9-8-28(3)22-15(12-25)19(14-6-7-16(23)17(24)11-14)20(32-22)21(30)26-18-10-13(2)27-29(18)4/h6-7,10-11H,5,8-9H2,1-4H3,(H,26,30). The summed E-state index contributed by atoms with van der Waals surface area (Å²) in [6.07, 6.45) is 0. The molecule has 1 N–H and O–H groups in total. The first-order valence-electron chi connectivity index (χ1n) is 9.90. The van der Waals surface area contributed by atoms with E-state index in [0.717, 1.165) is 5.69 Å². The van der Waals surface area contributed by atoms with Gasteiger partial charge in [0.25, 0.3) is 5.91 Å². The molecular formula is C22H23Cl2N5O2S. The highest BCUT2D eigenvalue weighted by molar-refractivity contribution is 7.19. The maximum absolute atomic E-state index is 13.3. The minimum Gasteiger partial charge on any atom is -0.380 e. The quantitative estimate of drug-likeness (QED) is 0.428. The van der Waals surface area contributed by atoms with E-state index in [9.17, 15) is 10.1 Å². The van der Waals surface area contributed by atoms with Crippen molar-refractivity contribution in [2.24, 2.45) is 7.05 Å². The maximum Gasteiger partial charge on any atom is 0.267 e. The third kappa shape index (κ3) is 5.08. The third-order valence-corrected chi connectivity index (χ3v) is 6.82. The zero-order valence-corrected chi connectivity index (χ0v) is 20.5. The number of hydrogen-bond acceptors (Lipinski definition) is 6. The van der Waals surface area contributed by atoms with Crippen LogP contribution in [0.25, 0.3) is 11.1 Å². The van der Waals surface area contributed by atoms with Gasteiger partial charge in [0.2, 0.25) is 0 Å². The Morgan fingerprint density at radius 2 is 2.09 bits per heavy atom. The van der Waals surface area contributed by atoms with Gasteiger partial charge < -0.3 is 15.0 Å². The monoisotopic (exact) mass is 491 g/mol. The Balaban J connectivity index is 2.11. The second-order valence-electron chi connectivity index (χ2n) is 7.09. The molecule has 0 saturated heterocycles. The van der Waals surface area contributed by atoms with E-state index >= 15 is 0 Å². The Morgan fingerprint density at radius 1 is 1.34 bits per heavy atom. The van der Waals surface area contributed by atoms with Crippen LogP contribution < -0.4 is 10.2 Å². The molecule has 1 aromatic carbocycles. The number of hydrogen-bond donors (Lipinski definition) is 1. The summed E-state index contributed by atoms with van der Waals surface area (Å²) < 4.78 is 7.05. The van der Waals surface area contributed by atoms with Crippen LogP contribution in [0.4, 0.5) is 10.8 Å². The summed E-state index contributed by atoms with van der Waals surface area (Å²) in [5.74, 6) is 0.228. The van der Waals surface area contributed by atoms with Crippen LogP contribution >= 0.6 is 34.5 Å². The molecule has 0 spiro atoms. The number of anilines is 2. The first-order valence-corrected chi connectivity index (χ1v) is 11.5. The molecule has 3 aromatic rings. The van der Waals surface area contributed by atoms with Gasteiger partial charge in [-0.15, -0.1) is 11.3 Å². The number of carbonyl (C=O) groups excluding carboxylic acids is 1. The third-order valence-electron chi connectivity index (χ3n) is 4.78. The van der Waals surface area contributed by atoms with Crippen LogP contribution in [0.2, 0.25) is 10.0 Å². The molecule has 0 unspecified atom stereocenters. The van der Waals surface area contributed by atoms with Crippen molar-refractivity contribution in [2.75, 3.05) is 37.0 Å². The van der Waals surface area contributed by atoms with Crippen LogP contribution in [0.1, 0.15) is 27.9 Å². The molecule has 10 heteroatoms. The van der Waals surface area contributed by atoms with E-state index < -0.39 is 0 Å². The number of nitrogens with one attached hydrogen (secondary N) is 1. The predicted octanol–water partition coefficient (Wildman–Crippen LogP) is 5.36. The van der Waals surface area contributed by atoms with Crippen LogP contribution in [-0.2, 0) is 11.8 Å². The molecule has 2 aromatic heterocycles. The molecule has 0 saturated carbocycles. The van der Waals surface area contributed by atoms with Gasteiger partial charge in [0, 0.05) is 38.9 Å². The first kappa shape index (κ1) is 24.1. The van der Waals surface area contributed by atoms with Crippen molar-refractivity contribution in [1.29, 1.82) is 5.26 Å². The Kier molecular flexibility index (Phi) is 7.80. The summed E-state index contributed by atoms with van der Waals surface area (Å²) >= 11 is 13.6. The van der Waals surface area contributed by atoms with Crippen LogP contribution in [0.3, 0.4) is 0 Å². The van der Waals surface area contributed by atoms with Crippen LogP contribution in [0, 0.1) is 18.3 Å². The highest BCUT2D eigenvalue weighted by atomic mass is 35.5. The molecule has 3 rings (SSSR count). The van der Waals surface area contributed by atoms with E-state index in [0.29, 0.717) is 62.2 Å². The lowest BCUT2D eigenvalue weighted by atomic mass is 10.0. The number of aryl methyl sites for hydroxylation is 2. The number of ether oxygens (including phenoxy) is 1. The minimum absolute atomic E-state index is 0.333. The molecule has 7 nitrogen and oxygen atoms in total. The number of aromatic nitrogens is 2. The summed E-state index contributed by atoms with van der Waals surface area (Å²) in [5, 5.41) is 18.6. The molecule has 0 aliphatic rings. The van der Waals surface area contributed by atoms with E-state index in [1.165, 1.54) is 11.3 Å². The topological polar surface area (TPSA) is 83.2 Å². The number of amides is 1. The van der Waals surface area contributed by atoms with Crippen molar-refractivity contribution < 1.29 is 9.53 Å². The fraction of sp³-hybridized carbons (Fsp3) is 0.318. The lowest BCUT2D eigenvalue weighted by Gasteiger charge is -2.17. The normalized spacial score (nSPS) is 10.8. The van der Waals surface area contributed by atoms with E-state index in [1.807, 2.05) is 25.8 Å². The van der Waals surface area contributed by atoms with Crippen molar-refractivity contribution >= 4 is 51.3 Å². The predicted molar refractivity (Wildman–Crippen MR) is 130 cm³/mol. The smallest absolute Gasteiger partial charge is 0.267 e. The van der Waals surface area contributed by atoms with Crippen molar-refractivity contribution in [3.8, 4) is 17.2 Å². The number of carbonyl (C=O) groups is 1. The number of nitrogens with zero attached hydrogens (tertiary/aromatic N) is 4. The number of nitriles is 1. The summed E-state index contributed by atoms with van der Waals surface area (Å²) in [7, 11) is 3.63. The molecule has 0 fully saturated rings. The average molecular weight is 492 g/mol. The first-order chi connectivity index (χ1) is 15.3. The zero-order chi connectivity index (χ0) is 23.4. The van der Waals surface area contributed by atoms with E-state index in [1.54, 1.807) is 36.0 Å². The number of benzene rings is 1. The Morgan fingerprint density at radius 3 is 2.69 bits per heavy atom. The van der Waals surface area contributed by atoms with Crippen LogP contribution in [-0.4, -0.2) is 42.5 Å². The van der Waals surface area contributed by atoms with Gasteiger partial charge in [-0.25, -0.2) is 0 Å². The zero-order valence-electron chi connectivity index (χ0n) is 18.2. The molecule has 0 aliphatic heterocycles. The summed E-state index contributed by atoms with van der Waals surface area (Å²) in [6.45, 7) is 5.47. The van der Waals surface area contributed by atoms with Crippen molar-refractivity contribution in [1.82, 2.24) is 9.78 Å². The van der Waals surface area contributed by atoms with Crippen molar-refractivity contribution in [3.63, 3.8) is 0 Å². The average Bonchev–Trinajstić information content (AvgIpc) is 3.29. The van der Waals surface area contributed by atoms with Gasteiger partial charge in [-0.1, -0.05) is 29.3 Å². The van der Waals surface area contributed by atoms with Gasteiger partial charge >= 0.3 is 0 Å². The summed E-state index contributed by atoms with van der Waals surface area (Å²) in [6, 6.07) is 9.14. The van der Waals surface area contributed by atoms with Gasteiger partial charge in [-0.05, 0) is 31.5 Å². The molecule has 32 heavy (non-hydrogen) atoms. The Hall–Kier alpha value is -2.57. The molecule has 1 amide bonds. The Bertz CT molecular complexity index is 1180. The Labute approximate surface area is 201 Å². The van der Waals surface area contributed by atoms with E-state index in [-0.39, 0.29) is 5.91 Å². The van der Waals surface area contributed by atoms with E-state index in [4.69, 9.17) is 27.9 Å². The van der Waals surface area contributed by atoms with Gasteiger partial charge in [0.15, 0.2) is 0 Å². The van der Waals surface area contributed by atoms with Crippen LogP contribution in [0.5, 0.6) is 0 Å². The van der Waals surface area contributed by atoms with Crippen molar-refractivity contribution in [3.05, 3.63) is 50.4 Å². The van der Waals surface area contributed by atoms with E-state index in [2.05, 4.69) is 16.5 Å². The lowest BCUT2D eigenvalue weighted by molar-refractivity contribution is 0.103. The lowest BCUT2D eigenvalue weighted by Crippen LogP contribution is -2.22. The molecule has 0 aliphatic carbocycles. The van der Waals surface area contributed by atoms with Crippen molar-refractivity contribution in [2.45, 2.75) is 13.8 Å². The van der Waals surface area contributed by atoms with Gasteiger partial charge in [0.05, 0.1) is 27.9 Å². The fourth-order valence-electron chi connectivity index (χ4n) is 3.23. The van der Waals surface area contributed by atoms with Gasteiger partial charge in [-0.3, -0.25) is 9.48 Å². The SMILES string of the molecule is CCOCCN(C)c1sc(C(=O)Nc2cc(C)nn2C)c(-c2ccc(Cl)c(Cl)c2)c1C#N. The van der Waals surface area contributed by atoms with Crippen LogP contribution in [0.15, 0.2) is 24.3 Å². The largest absolute Gasteiger partial charge is 0.380 e. The second-order valence-corrected chi connectivity index (χ2v) is 8.91. The molecule has 0 atom stereocenters. The summed E-state index contributed by atoms with van der Waals surface area (Å²) in [4.78, 5) is 15.7. The molecule has 2 heterocycles. The molecule has 168 valence electrons. The number of likely N-dealkylation sites (N-methyl/N-ethyl adjacent to an activating group) is 1. The molecular weight excluding hydrogens is 469 g/mol. The fourth-order valence-corrected chi connectivity index (χ4v) is 4.68. The summed E-state index contributed by atoms with van der Waals surface area (Å²) in [5.41, 5.74) is 2.35. The highest BCUT2D eigenvalue weighted by Crippen LogP contribution is 2.43. The molecule has 0 bridgehead atoms. The maximum atomic E-state index is 13.3.